The molecule has 0 spiro atoms. The Morgan fingerprint density at radius 1 is 0.960 bits per heavy atom. The lowest BCUT2D eigenvalue weighted by Gasteiger charge is -2.09. The van der Waals surface area contributed by atoms with Gasteiger partial charge in [0.1, 0.15) is 0 Å². The zero-order valence-electron chi connectivity index (χ0n) is 14.0. The topological polar surface area (TPSA) is 41.1 Å². The Labute approximate surface area is 151 Å². The lowest BCUT2D eigenvalue weighted by atomic mass is 10.2. The van der Waals surface area contributed by atoms with E-state index in [1.54, 1.807) is 11.3 Å². The van der Waals surface area contributed by atoms with E-state index in [1.165, 1.54) is 9.75 Å². The monoisotopic (exact) mass is 348 g/mol. The van der Waals surface area contributed by atoms with E-state index in [2.05, 4.69) is 29.7 Å². The van der Waals surface area contributed by atoms with Gasteiger partial charge in [-0.3, -0.25) is 4.79 Å². The van der Waals surface area contributed by atoms with Crippen LogP contribution in [-0.4, -0.2) is 5.91 Å². The average Bonchev–Trinajstić information content (AvgIpc) is 3.31. The van der Waals surface area contributed by atoms with Gasteiger partial charge in [-0.2, -0.15) is 0 Å². The molecule has 1 aliphatic rings. The number of hydrogen-bond donors (Lipinski definition) is 2. The largest absolute Gasteiger partial charge is 0.355 e. The Morgan fingerprint density at radius 2 is 1.72 bits per heavy atom. The maximum Gasteiger partial charge on any atom is 0.228 e. The maximum absolute atomic E-state index is 12.5. The van der Waals surface area contributed by atoms with Crippen LogP contribution in [0.1, 0.15) is 22.1 Å². The van der Waals surface area contributed by atoms with Crippen LogP contribution < -0.4 is 10.6 Å². The standard InChI is InChI=1S/C21H20N2OS/c1-14-10-11-20(25-14)18-13-19(18)21(24)23-17-9-5-8-16(12-17)22-15-6-3-2-4-7-15/h2-12,18-19,22H,13H2,1H3,(H,23,24)/t18-,19+/m0/s1. The summed E-state index contributed by atoms with van der Waals surface area (Å²) >= 11 is 1.80. The summed E-state index contributed by atoms with van der Waals surface area (Å²) in [5.41, 5.74) is 2.82. The zero-order valence-corrected chi connectivity index (χ0v) is 14.8. The molecule has 2 aromatic carbocycles. The summed E-state index contributed by atoms with van der Waals surface area (Å²) in [6.07, 6.45) is 0.952. The summed E-state index contributed by atoms with van der Waals surface area (Å²) in [4.78, 5) is 15.1. The van der Waals surface area contributed by atoms with Crippen molar-refractivity contribution in [3.05, 3.63) is 76.5 Å². The van der Waals surface area contributed by atoms with Crippen molar-refractivity contribution in [2.45, 2.75) is 19.3 Å². The third-order valence-corrected chi connectivity index (χ3v) is 5.58. The van der Waals surface area contributed by atoms with Gasteiger partial charge in [0.2, 0.25) is 5.91 Å². The second kappa shape index (κ2) is 6.73. The van der Waals surface area contributed by atoms with E-state index in [1.807, 2.05) is 54.6 Å². The summed E-state index contributed by atoms with van der Waals surface area (Å²) in [5.74, 6) is 0.612. The van der Waals surface area contributed by atoms with Gasteiger partial charge in [0.25, 0.3) is 0 Å². The highest BCUT2D eigenvalue weighted by Crippen LogP contribution is 2.50. The number of para-hydroxylation sites is 1. The molecule has 1 aliphatic carbocycles. The van der Waals surface area contributed by atoms with Gasteiger partial charge in [-0.1, -0.05) is 24.3 Å². The second-order valence-corrected chi connectivity index (χ2v) is 7.78. The molecular weight excluding hydrogens is 328 g/mol. The van der Waals surface area contributed by atoms with Crippen LogP contribution in [0.2, 0.25) is 0 Å². The number of amides is 1. The minimum atomic E-state index is 0.101. The first-order chi connectivity index (χ1) is 12.2. The molecule has 1 fully saturated rings. The van der Waals surface area contributed by atoms with Gasteiger partial charge in [0, 0.05) is 38.7 Å². The summed E-state index contributed by atoms with van der Waals surface area (Å²) in [5, 5.41) is 6.41. The summed E-state index contributed by atoms with van der Waals surface area (Å²) in [6, 6.07) is 22.1. The first-order valence-corrected chi connectivity index (χ1v) is 9.30. The normalized spacial score (nSPS) is 18.6. The number of benzene rings is 2. The van der Waals surface area contributed by atoms with Crippen molar-refractivity contribution >= 4 is 34.3 Å². The van der Waals surface area contributed by atoms with Gasteiger partial charge in [-0.05, 0) is 55.8 Å². The first kappa shape index (κ1) is 15.9. The Balaban J connectivity index is 1.40. The molecule has 0 radical (unpaired) electrons. The van der Waals surface area contributed by atoms with Crippen LogP contribution in [-0.2, 0) is 4.79 Å². The van der Waals surface area contributed by atoms with Crippen LogP contribution in [0.3, 0.4) is 0 Å². The van der Waals surface area contributed by atoms with E-state index in [0.717, 1.165) is 23.5 Å². The smallest absolute Gasteiger partial charge is 0.228 e. The van der Waals surface area contributed by atoms with Crippen LogP contribution in [0.5, 0.6) is 0 Å². The molecule has 1 aromatic heterocycles. The molecule has 1 saturated carbocycles. The summed E-state index contributed by atoms with van der Waals surface area (Å²) in [7, 11) is 0. The highest BCUT2D eigenvalue weighted by Gasteiger charge is 2.44. The van der Waals surface area contributed by atoms with Gasteiger partial charge in [0.15, 0.2) is 0 Å². The zero-order chi connectivity index (χ0) is 17.2. The average molecular weight is 348 g/mol. The van der Waals surface area contributed by atoms with Crippen molar-refractivity contribution in [1.82, 2.24) is 0 Å². The number of carbonyl (C=O) groups is 1. The minimum Gasteiger partial charge on any atom is -0.355 e. The maximum atomic E-state index is 12.5. The molecule has 2 N–H and O–H groups in total. The molecule has 0 bridgehead atoms. The molecule has 0 saturated heterocycles. The van der Waals surface area contributed by atoms with Crippen molar-refractivity contribution < 1.29 is 4.79 Å². The van der Waals surface area contributed by atoms with Gasteiger partial charge in [-0.25, -0.2) is 0 Å². The number of nitrogens with one attached hydrogen (secondary N) is 2. The van der Waals surface area contributed by atoms with Gasteiger partial charge in [-0.15, -0.1) is 11.3 Å². The van der Waals surface area contributed by atoms with E-state index >= 15 is 0 Å². The van der Waals surface area contributed by atoms with E-state index < -0.39 is 0 Å². The number of rotatable bonds is 5. The predicted octanol–water partition coefficient (Wildman–Crippen LogP) is 5.54. The predicted molar refractivity (Wildman–Crippen MR) is 105 cm³/mol. The number of hydrogen-bond acceptors (Lipinski definition) is 3. The molecule has 25 heavy (non-hydrogen) atoms. The third kappa shape index (κ3) is 3.74. The fourth-order valence-corrected chi connectivity index (χ4v) is 4.11. The fraction of sp³-hybridized carbons (Fsp3) is 0.190. The molecule has 2 atom stereocenters. The Kier molecular flexibility index (Phi) is 4.28. The molecule has 4 rings (SSSR count). The van der Waals surface area contributed by atoms with Crippen molar-refractivity contribution in [2.24, 2.45) is 5.92 Å². The van der Waals surface area contributed by atoms with Crippen molar-refractivity contribution in [3.63, 3.8) is 0 Å². The highest BCUT2D eigenvalue weighted by molar-refractivity contribution is 7.12. The molecule has 3 aromatic rings. The highest BCUT2D eigenvalue weighted by atomic mass is 32.1. The van der Waals surface area contributed by atoms with Crippen LogP contribution >= 0.6 is 11.3 Å². The third-order valence-electron chi connectivity index (χ3n) is 4.45. The number of carbonyl (C=O) groups excluding carboxylic acids is 1. The quantitative estimate of drug-likeness (QED) is 0.635. The number of aryl methyl sites for hydroxylation is 1. The Hall–Kier alpha value is -2.59. The Morgan fingerprint density at radius 3 is 2.48 bits per heavy atom. The van der Waals surface area contributed by atoms with Crippen LogP contribution in [0.4, 0.5) is 17.1 Å². The molecule has 3 nitrogen and oxygen atoms in total. The van der Waals surface area contributed by atoms with E-state index in [-0.39, 0.29) is 11.8 Å². The van der Waals surface area contributed by atoms with Crippen molar-refractivity contribution in [3.8, 4) is 0 Å². The summed E-state index contributed by atoms with van der Waals surface area (Å²) < 4.78 is 0. The van der Waals surface area contributed by atoms with Gasteiger partial charge < -0.3 is 10.6 Å². The number of thiophene rings is 1. The Bertz CT molecular complexity index is 888. The van der Waals surface area contributed by atoms with Gasteiger partial charge in [0.05, 0.1) is 0 Å². The lowest BCUT2D eigenvalue weighted by molar-refractivity contribution is -0.117. The van der Waals surface area contributed by atoms with E-state index in [4.69, 9.17) is 0 Å². The minimum absolute atomic E-state index is 0.101. The van der Waals surface area contributed by atoms with Crippen LogP contribution in [0, 0.1) is 12.8 Å². The van der Waals surface area contributed by atoms with Crippen LogP contribution in [0.15, 0.2) is 66.7 Å². The first-order valence-electron chi connectivity index (χ1n) is 8.48. The molecule has 0 aliphatic heterocycles. The molecule has 1 heterocycles. The van der Waals surface area contributed by atoms with E-state index in [0.29, 0.717) is 5.92 Å². The van der Waals surface area contributed by atoms with Crippen LogP contribution in [0.25, 0.3) is 0 Å². The van der Waals surface area contributed by atoms with Gasteiger partial charge >= 0.3 is 0 Å². The van der Waals surface area contributed by atoms with E-state index in [9.17, 15) is 4.79 Å². The molecular formula is C21H20N2OS. The lowest BCUT2D eigenvalue weighted by Crippen LogP contribution is -2.14. The van der Waals surface area contributed by atoms with Crippen molar-refractivity contribution in [2.75, 3.05) is 10.6 Å². The SMILES string of the molecule is Cc1ccc([C@H]2C[C@H]2C(=O)Nc2cccc(Nc3ccccc3)c2)s1. The molecule has 1 amide bonds. The molecule has 0 unspecified atom stereocenters. The van der Waals surface area contributed by atoms with Crippen molar-refractivity contribution in [1.29, 1.82) is 0 Å². The number of anilines is 3. The molecule has 4 heteroatoms. The molecule has 126 valence electrons. The fourth-order valence-electron chi connectivity index (χ4n) is 3.05. The second-order valence-electron chi connectivity index (χ2n) is 6.46. The summed E-state index contributed by atoms with van der Waals surface area (Å²) in [6.45, 7) is 2.11.